The third-order valence-electron chi connectivity index (χ3n) is 4.66. The number of carbonyl (C=O) groups excluding carboxylic acids is 2. The number of anilines is 1. The smallest absolute Gasteiger partial charge is 0.410 e. The Bertz CT molecular complexity index is 950. The Hall–Kier alpha value is -3.10. The molecule has 3 heterocycles. The number of alkyl halides is 1. The van der Waals surface area contributed by atoms with Gasteiger partial charge in [0.05, 0.1) is 18.2 Å². The van der Waals surface area contributed by atoms with E-state index in [-0.39, 0.29) is 24.8 Å². The SMILES string of the molecule is CC(C)Oc1cc2c(N3C[C@@H]4NC(=O)O[C@]4(F)C3)nccc2cc1C(N)=O. The molecule has 0 aliphatic carbocycles. The summed E-state index contributed by atoms with van der Waals surface area (Å²) in [5, 5.41) is 3.88. The number of carbonyl (C=O) groups is 2. The number of alkyl carbamates (subject to hydrolysis) is 1. The van der Waals surface area contributed by atoms with Gasteiger partial charge >= 0.3 is 6.09 Å². The van der Waals surface area contributed by atoms with Gasteiger partial charge in [-0.1, -0.05) is 0 Å². The van der Waals surface area contributed by atoms with E-state index in [1.165, 1.54) is 0 Å². The minimum absolute atomic E-state index is 0.138. The maximum absolute atomic E-state index is 14.8. The zero-order valence-corrected chi connectivity index (χ0v) is 14.9. The summed E-state index contributed by atoms with van der Waals surface area (Å²) in [5.41, 5.74) is 5.75. The summed E-state index contributed by atoms with van der Waals surface area (Å²) < 4.78 is 25.4. The largest absolute Gasteiger partial charge is 0.490 e. The molecular formula is C18H19FN4O4. The average molecular weight is 374 g/mol. The molecule has 2 fully saturated rings. The van der Waals surface area contributed by atoms with Crippen LogP contribution in [0.3, 0.4) is 0 Å². The Morgan fingerprint density at radius 2 is 2.30 bits per heavy atom. The number of rotatable bonds is 4. The van der Waals surface area contributed by atoms with Gasteiger partial charge in [0.2, 0.25) is 0 Å². The first-order chi connectivity index (χ1) is 12.8. The first-order valence-electron chi connectivity index (χ1n) is 8.59. The first-order valence-corrected chi connectivity index (χ1v) is 8.59. The van der Waals surface area contributed by atoms with Crippen LogP contribution in [0.4, 0.5) is 15.0 Å². The number of hydrogen-bond acceptors (Lipinski definition) is 6. The Kier molecular flexibility index (Phi) is 3.83. The lowest BCUT2D eigenvalue weighted by atomic mass is 10.1. The molecule has 0 saturated carbocycles. The van der Waals surface area contributed by atoms with Crippen molar-refractivity contribution in [2.45, 2.75) is 31.8 Å². The van der Waals surface area contributed by atoms with E-state index in [2.05, 4.69) is 10.3 Å². The number of amides is 2. The molecule has 1 aromatic carbocycles. The van der Waals surface area contributed by atoms with Crippen LogP contribution < -0.4 is 20.7 Å². The Labute approximate surface area is 154 Å². The Morgan fingerprint density at radius 3 is 2.96 bits per heavy atom. The van der Waals surface area contributed by atoms with Crippen LogP contribution in [0.25, 0.3) is 10.8 Å². The van der Waals surface area contributed by atoms with Crippen molar-refractivity contribution in [1.29, 1.82) is 0 Å². The molecule has 0 unspecified atom stereocenters. The summed E-state index contributed by atoms with van der Waals surface area (Å²) in [4.78, 5) is 29.2. The Balaban J connectivity index is 1.78. The van der Waals surface area contributed by atoms with Crippen molar-refractivity contribution in [2.24, 2.45) is 5.73 Å². The van der Waals surface area contributed by atoms with Crippen LogP contribution in [-0.2, 0) is 4.74 Å². The zero-order chi connectivity index (χ0) is 19.3. The number of pyridine rings is 1. The van der Waals surface area contributed by atoms with Gasteiger partial charge in [0.1, 0.15) is 17.6 Å². The molecule has 2 saturated heterocycles. The molecule has 2 aliphatic rings. The van der Waals surface area contributed by atoms with Gasteiger partial charge in [-0.05, 0) is 37.4 Å². The van der Waals surface area contributed by atoms with Gasteiger partial charge in [0, 0.05) is 18.1 Å². The van der Waals surface area contributed by atoms with E-state index in [0.29, 0.717) is 17.0 Å². The zero-order valence-electron chi connectivity index (χ0n) is 14.9. The lowest BCUT2D eigenvalue weighted by Gasteiger charge is -2.21. The molecule has 0 spiro atoms. The summed E-state index contributed by atoms with van der Waals surface area (Å²) in [6.07, 6.45) is 0.653. The second-order valence-electron chi connectivity index (χ2n) is 6.99. The molecule has 3 N–H and O–H groups in total. The van der Waals surface area contributed by atoms with Gasteiger partial charge in [0.15, 0.2) is 0 Å². The van der Waals surface area contributed by atoms with Crippen LogP contribution in [-0.4, -0.2) is 48.1 Å². The van der Waals surface area contributed by atoms with Crippen LogP contribution in [0.2, 0.25) is 0 Å². The van der Waals surface area contributed by atoms with Gasteiger partial charge in [-0.25, -0.2) is 9.78 Å². The lowest BCUT2D eigenvalue weighted by molar-refractivity contribution is -0.0540. The van der Waals surface area contributed by atoms with E-state index in [0.717, 1.165) is 5.39 Å². The summed E-state index contributed by atoms with van der Waals surface area (Å²) in [5.74, 6) is -1.83. The molecule has 2 aromatic rings. The number of nitrogens with one attached hydrogen (secondary N) is 1. The number of aromatic nitrogens is 1. The minimum Gasteiger partial charge on any atom is -0.490 e. The molecule has 8 nitrogen and oxygen atoms in total. The fourth-order valence-corrected chi connectivity index (χ4v) is 3.52. The highest BCUT2D eigenvalue weighted by atomic mass is 19.2. The maximum atomic E-state index is 14.8. The second kappa shape index (κ2) is 5.97. The van der Waals surface area contributed by atoms with Crippen molar-refractivity contribution in [1.82, 2.24) is 10.3 Å². The van der Waals surface area contributed by atoms with Crippen molar-refractivity contribution in [2.75, 3.05) is 18.0 Å². The van der Waals surface area contributed by atoms with E-state index in [1.54, 1.807) is 29.3 Å². The molecule has 0 bridgehead atoms. The number of hydrogen-bond donors (Lipinski definition) is 2. The highest BCUT2D eigenvalue weighted by Crippen LogP contribution is 2.38. The highest BCUT2D eigenvalue weighted by Gasteiger charge is 2.56. The molecule has 9 heteroatoms. The number of benzene rings is 1. The monoisotopic (exact) mass is 374 g/mol. The molecule has 4 rings (SSSR count). The molecule has 0 radical (unpaired) electrons. The molecule has 27 heavy (non-hydrogen) atoms. The number of nitrogens with two attached hydrogens (primary N) is 1. The quantitative estimate of drug-likeness (QED) is 0.844. The van der Waals surface area contributed by atoms with Crippen LogP contribution in [0.5, 0.6) is 5.75 Å². The second-order valence-corrected chi connectivity index (χ2v) is 6.99. The lowest BCUT2D eigenvalue weighted by Crippen LogP contribution is -2.38. The highest BCUT2D eigenvalue weighted by molar-refractivity contribution is 6.03. The summed E-state index contributed by atoms with van der Waals surface area (Å²) in [6, 6.07) is 4.31. The van der Waals surface area contributed by atoms with Crippen molar-refractivity contribution >= 4 is 28.6 Å². The van der Waals surface area contributed by atoms with Crippen molar-refractivity contribution in [3.63, 3.8) is 0 Å². The van der Waals surface area contributed by atoms with Gasteiger partial charge in [-0.2, -0.15) is 4.39 Å². The third-order valence-corrected chi connectivity index (χ3v) is 4.66. The average Bonchev–Trinajstić information content (AvgIpc) is 3.02. The molecular weight excluding hydrogens is 355 g/mol. The number of fused-ring (bicyclic) bond motifs is 2. The topological polar surface area (TPSA) is 107 Å². The predicted octanol–water partition coefficient (Wildman–Crippen LogP) is 1.72. The van der Waals surface area contributed by atoms with Gasteiger partial charge < -0.3 is 25.4 Å². The number of halogens is 1. The van der Waals surface area contributed by atoms with E-state index in [9.17, 15) is 14.0 Å². The van der Waals surface area contributed by atoms with Crippen molar-refractivity contribution < 1.29 is 23.5 Å². The maximum Gasteiger partial charge on any atom is 0.410 e. The van der Waals surface area contributed by atoms with Crippen molar-refractivity contribution in [3.8, 4) is 5.75 Å². The Morgan fingerprint density at radius 1 is 1.52 bits per heavy atom. The summed E-state index contributed by atoms with van der Waals surface area (Å²) in [6.45, 7) is 3.76. The van der Waals surface area contributed by atoms with E-state index < -0.39 is 23.9 Å². The van der Waals surface area contributed by atoms with Crippen molar-refractivity contribution in [3.05, 3.63) is 30.0 Å². The fraction of sp³-hybridized carbons (Fsp3) is 0.389. The number of ether oxygens (including phenoxy) is 2. The first kappa shape index (κ1) is 17.3. The van der Waals surface area contributed by atoms with E-state index in [4.69, 9.17) is 15.2 Å². The van der Waals surface area contributed by atoms with Crippen LogP contribution in [0, 0.1) is 0 Å². The molecule has 2 atom stereocenters. The van der Waals surface area contributed by atoms with E-state index in [1.807, 2.05) is 13.8 Å². The standard InChI is InChI=1S/C18H19FN4O4/c1-9(2)26-13-6-11-10(5-12(13)15(20)24)3-4-21-16(11)23-7-14-18(19,8-23)27-17(25)22-14/h3-6,9,14H,7-8H2,1-2H3,(H2,20,24)(H,22,25)/t14-,18+/m0/s1. The molecule has 1 aromatic heterocycles. The summed E-state index contributed by atoms with van der Waals surface area (Å²) in [7, 11) is 0. The predicted molar refractivity (Wildman–Crippen MR) is 95.5 cm³/mol. The molecule has 2 aliphatic heterocycles. The third kappa shape index (κ3) is 2.88. The normalized spacial score (nSPS) is 24.1. The van der Waals surface area contributed by atoms with Crippen LogP contribution in [0.15, 0.2) is 24.4 Å². The van der Waals surface area contributed by atoms with Gasteiger partial charge in [-0.15, -0.1) is 0 Å². The van der Waals surface area contributed by atoms with Gasteiger partial charge in [-0.3, -0.25) is 4.79 Å². The molecule has 142 valence electrons. The summed E-state index contributed by atoms with van der Waals surface area (Å²) >= 11 is 0. The van der Waals surface area contributed by atoms with E-state index >= 15 is 0 Å². The van der Waals surface area contributed by atoms with Gasteiger partial charge in [0.25, 0.3) is 11.8 Å². The fourth-order valence-electron chi connectivity index (χ4n) is 3.52. The van der Waals surface area contributed by atoms with Crippen LogP contribution >= 0.6 is 0 Å². The molecule has 2 amide bonds. The van der Waals surface area contributed by atoms with Crippen LogP contribution in [0.1, 0.15) is 24.2 Å². The number of primary amides is 1. The number of nitrogens with zero attached hydrogens (tertiary/aromatic N) is 2. The minimum atomic E-state index is -2.09.